The van der Waals surface area contributed by atoms with Crippen molar-refractivity contribution in [3.63, 3.8) is 0 Å². The molecule has 3 heterocycles. The summed E-state index contributed by atoms with van der Waals surface area (Å²) in [7, 11) is 0. The first kappa shape index (κ1) is 15.5. The van der Waals surface area contributed by atoms with Crippen LogP contribution in [0.3, 0.4) is 0 Å². The Morgan fingerprint density at radius 1 is 1.43 bits per heavy atom. The van der Waals surface area contributed by atoms with Gasteiger partial charge in [-0.2, -0.15) is 5.10 Å². The molecule has 7 heteroatoms. The van der Waals surface area contributed by atoms with Crippen LogP contribution in [0.4, 0.5) is 0 Å². The van der Waals surface area contributed by atoms with E-state index in [2.05, 4.69) is 15.4 Å². The Morgan fingerprint density at radius 3 is 3.00 bits per heavy atom. The first-order chi connectivity index (χ1) is 11.1. The van der Waals surface area contributed by atoms with E-state index >= 15 is 0 Å². The van der Waals surface area contributed by atoms with Gasteiger partial charge in [0.15, 0.2) is 0 Å². The highest BCUT2D eigenvalue weighted by Crippen LogP contribution is 2.23. The van der Waals surface area contributed by atoms with E-state index in [4.69, 9.17) is 4.42 Å². The number of amides is 1. The molecule has 23 heavy (non-hydrogen) atoms. The Kier molecular flexibility index (Phi) is 4.57. The first-order valence-electron chi connectivity index (χ1n) is 7.38. The molecule has 0 aliphatic heterocycles. The van der Waals surface area contributed by atoms with Crippen LogP contribution in [0.2, 0.25) is 0 Å². The molecule has 1 amide bonds. The largest absolute Gasteiger partial charge is 0.443 e. The lowest BCUT2D eigenvalue weighted by molar-refractivity contribution is -0.121. The van der Waals surface area contributed by atoms with E-state index in [1.54, 1.807) is 17.6 Å². The molecule has 0 aromatic carbocycles. The van der Waals surface area contributed by atoms with Crippen LogP contribution in [0.15, 0.2) is 34.3 Å². The number of aryl methyl sites for hydroxylation is 3. The fourth-order valence-corrected chi connectivity index (χ4v) is 2.94. The monoisotopic (exact) mass is 330 g/mol. The molecule has 0 atom stereocenters. The van der Waals surface area contributed by atoms with E-state index in [0.717, 1.165) is 16.3 Å². The minimum absolute atomic E-state index is 0.0294. The summed E-state index contributed by atoms with van der Waals surface area (Å²) < 4.78 is 7.27. The number of nitrogens with one attached hydrogen (secondary N) is 1. The van der Waals surface area contributed by atoms with Crippen LogP contribution in [-0.4, -0.2) is 20.7 Å². The second-order valence-corrected chi connectivity index (χ2v) is 6.25. The summed E-state index contributed by atoms with van der Waals surface area (Å²) in [6, 6.07) is 5.90. The zero-order chi connectivity index (χ0) is 16.2. The number of oxazole rings is 1. The number of hydrogen-bond acceptors (Lipinski definition) is 5. The second kappa shape index (κ2) is 6.78. The van der Waals surface area contributed by atoms with E-state index in [1.807, 2.05) is 42.1 Å². The zero-order valence-corrected chi connectivity index (χ0v) is 13.9. The average molecular weight is 330 g/mol. The molecule has 0 aliphatic carbocycles. The zero-order valence-electron chi connectivity index (χ0n) is 13.1. The molecule has 0 saturated heterocycles. The molecule has 0 spiro atoms. The van der Waals surface area contributed by atoms with Crippen LogP contribution in [0.5, 0.6) is 0 Å². The standard InChI is InChI=1S/C16H18N4O2S/c1-11-8-12(2)20(19-11)6-5-15(21)17-9-13-10-22-16(18-13)14-4-3-7-23-14/h3-4,7-8,10H,5-6,9H2,1-2H3,(H,17,21). The molecule has 120 valence electrons. The SMILES string of the molecule is Cc1cc(C)n(CCC(=O)NCc2coc(-c3cccs3)n2)n1. The van der Waals surface area contributed by atoms with E-state index in [1.165, 1.54) is 0 Å². The van der Waals surface area contributed by atoms with Crippen molar-refractivity contribution in [3.8, 4) is 10.8 Å². The minimum Gasteiger partial charge on any atom is -0.443 e. The number of aromatic nitrogens is 3. The maximum Gasteiger partial charge on any atom is 0.236 e. The molecule has 3 rings (SSSR count). The Bertz CT molecular complexity index is 789. The van der Waals surface area contributed by atoms with Crippen molar-refractivity contribution in [2.75, 3.05) is 0 Å². The van der Waals surface area contributed by atoms with Gasteiger partial charge in [-0.25, -0.2) is 4.98 Å². The van der Waals surface area contributed by atoms with Gasteiger partial charge < -0.3 is 9.73 Å². The van der Waals surface area contributed by atoms with Gasteiger partial charge >= 0.3 is 0 Å². The summed E-state index contributed by atoms with van der Waals surface area (Å²) in [4.78, 5) is 17.3. The Hall–Kier alpha value is -2.41. The number of carbonyl (C=O) groups is 1. The molecule has 0 saturated carbocycles. The van der Waals surface area contributed by atoms with Gasteiger partial charge in [-0.3, -0.25) is 9.48 Å². The van der Waals surface area contributed by atoms with E-state index < -0.39 is 0 Å². The molecule has 0 radical (unpaired) electrons. The lowest BCUT2D eigenvalue weighted by atomic mass is 10.3. The van der Waals surface area contributed by atoms with Gasteiger partial charge in [0.2, 0.25) is 11.8 Å². The molecule has 3 aromatic rings. The van der Waals surface area contributed by atoms with Gasteiger partial charge in [0.1, 0.15) is 6.26 Å². The van der Waals surface area contributed by atoms with Gasteiger partial charge in [-0.05, 0) is 31.4 Å². The third-order valence-electron chi connectivity index (χ3n) is 3.40. The van der Waals surface area contributed by atoms with Crippen molar-refractivity contribution in [3.05, 3.63) is 46.9 Å². The molecule has 3 aromatic heterocycles. The molecule has 6 nitrogen and oxygen atoms in total. The Morgan fingerprint density at radius 2 is 2.30 bits per heavy atom. The molecule has 1 N–H and O–H groups in total. The molecule has 0 aliphatic rings. The third-order valence-corrected chi connectivity index (χ3v) is 4.26. The quantitative estimate of drug-likeness (QED) is 0.754. The van der Waals surface area contributed by atoms with Crippen LogP contribution in [-0.2, 0) is 17.9 Å². The van der Waals surface area contributed by atoms with Gasteiger partial charge in [0.05, 0.1) is 22.8 Å². The number of carbonyl (C=O) groups excluding carboxylic acids is 1. The fraction of sp³-hybridized carbons (Fsp3) is 0.312. The maximum atomic E-state index is 11.9. The number of rotatable bonds is 6. The third kappa shape index (κ3) is 3.87. The first-order valence-corrected chi connectivity index (χ1v) is 8.26. The Balaban J connectivity index is 1.48. The molecular formula is C16H18N4O2S. The van der Waals surface area contributed by atoms with Crippen molar-refractivity contribution in [1.29, 1.82) is 0 Å². The number of thiophene rings is 1. The van der Waals surface area contributed by atoms with E-state index in [-0.39, 0.29) is 5.91 Å². The summed E-state index contributed by atoms with van der Waals surface area (Å²) in [5.74, 6) is 0.560. The highest BCUT2D eigenvalue weighted by Gasteiger charge is 2.09. The lowest BCUT2D eigenvalue weighted by Gasteiger charge is -2.05. The Labute approximate surface area is 138 Å². The number of hydrogen-bond donors (Lipinski definition) is 1. The fourth-order valence-electron chi connectivity index (χ4n) is 2.29. The van der Waals surface area contributed by atoms with Crippen molar-refractivity contribution in [2.24, 2.45) is 0 Å². The topological polar surface area (TPSA) is 73.0 Å². The summed E-state index contributed by atoms with van der Waals surface area (Å²) in [6.07, 6.45) is 1.97. The predicted octanol–water partition coefficient (Wildman–Crippen LogP) is 2.92. The smallest absolute Gasteiger partial charge is 0.236 e. The van der Waals surface area contributed by atoms with E-state index in [0.29, 0.717) is 31.1 Å². The van der Waals surface area contributed by atoms with Crippen molar-refractivity contribution in [2.45, 2.75) is 33.4 Å². The van der Waals surface area contributed by atoms with Crippen molar-refractivity contribution >= 4 is 17.2 Å². The van der Waals surface area contributed by atoms with Crippen LogP contribution < -0.4 is 5.32 Å². The average Bonchev–Trinajstić information content (AvgIpc) is 3.24. The molecule has 0 unspecified atom stereocenters. The van der Waals surface area contributed by atoms with Crippen molar-refractivity contribution in [1.82, 2.24) is 20.1 Å². The highest BCUT2D eigenvalue weighted by atomic mass is 32.1. The predicted molar refractivity (Wildman–Crippen MR) is 88.0 cm³/mol. The summed E-state index contributed by atoms with van der Waals surface area (Å²) in [5.41, 5.74) is 2.74. The molecule has 0 bridgehead atoms. The van der Waals surface area contributed by atoms with E-state index in [9.17, 15) is 4.79 Å². The summed E-state index contributed by atoms with van der Waals surface area (Å²) in [5, 5.41) is 9.17. The minimum atomic E-state index is -0.0294. The normalized spacial score (nSPS) is 10.9. The van der Waals surface area contributed by atoms with Crippen LogP contribution in [0, 0.1) is 13.8 Å². The molecular weight excluding hydrogens is 312 g/mol. The van der Waals surface area contributed by atoms with Gasteiger partial charge in [0, 0.05) is 18.7 Å². The summed E-state index contributed by atoms with van der Waals surface area (Å²) in [6.45, 7) is 4.87. The summed E-state index contributed by atoms with van der Waals surface area (Å²) >= 11 is 1.57. The van der Waals surface area contributed by atoms with Gasteiger partial charge in [-0.15, -0.1) is 11.3 Å². The van der Waals surface area contributed by atoms with Crippen LogP contribution in [0.25, 0.3) is 10.8 Å². The van der Waals surface area contributed by atoms with Crippen LogP contribution in [0.1, 0.15) is 23.5 Å². The number of nitrogens with zero attached hydrogens (tertiary/aromatic N) is 3. The van der Waals surface area contributed by atoms with Crippen LogP contribution >= 0.6 is 11.3 Å². The lowest BCUT2D eigenvalue weighted by Crippen LogP contribution is -2.24. The van der Waals surface area contributed by atoms with Gasteiger partial charge in [0.25, 0.3) is 0 Å². The molecule has 0 fully saturated rings. The maximum absolute atomic E-state index is 11.9. The highest BCUT2D eigenvalue weighted by molar-refractivity contribution is 7.13. The van der Waals surface area contributed by atoms with Crippen molar-refractivity contribution < 1.29 is 9.21 Å². The van der Waals surface area contributed by atoms with Gasteiger partial charge in [-0.1, -0.05) is 6.07 Å². The second-order valence-electron chi connectivity index (χ2n) is 5.30.